The Morgan fingerprint density at radius 2 is 2.12 bits per heavy atom. The highest BCUT2D eigenvalue weighted by atomic mass is 79.9. The highest BCUT2D eigenvalue weighted by Crippen LogP contribution is 2.24. The molecule has 2 aromatic rings. The molecule has 0 aliphatic carbocycles. The lowest BCUT2D eigenvalue weighted by molar-refractivity contribution is 0.629. The number of hydrogen-bond acceptors (Lipinski definition) is 3. The van der Waals surface area contributed by atoms with E-state index in [0.29, 0.717) is 17.1 Å². The van der Waals surface area contributed by atoms with Gasteiger partial charge in [-0.25, -0.2) is 14.4 Å². The minimum Gasteiger partial charge on any atom is -0.322 e. The molecule has 0 fully saturated rings. The third-order valence-electron chi connectivity index (χ3n) is 2.29. The largest absolute Gasteiger partial charge is 0.322 e. The molecule has 0 aliphatic rings. The lowest BCUT2D eigenvalue weighted by Gasteiger charge is -2.07. The lowest BCUT2D eigenvalue weighted by Crippen LogP contribution is -2.10. The minimum atomic E-state index is -0.317. The molecule has 0 bridgehead atoms. The van der Waals surface area contributed by atoms with E-state index >= 15 is 0 Å². The maximum atomic E-state index is 13.7. The molecule has 1 aromatic carbocycles. The van der Waals surface area contributed by atoms with E-state index in [9.17, 15) is 4.39 Å². The molecule has 1 aromatic heterocycles. The molecule has 0 radical (unpaired) electrons. The third kappa shape index (κ3) is 2.68. The predicted octanol–water partition coefficient (Wildman–Crippen LogP) is 3.06. The second kappa shape index (κ2) is 4.89. The van der Waals surface area contributed by atoms with Crippen LogP contribution in [0.2, 0.25) is 0 Å². The van der Waals surface area contributed by atoms with Crippen molar-refractivity contribution in [1.82, 2.24) is 9.97 Å². The SMILES string of the molecule is CC(N)c1nccc(-c2cc(Br)ccc2F)n1. The second-order valence-electron chi connectivity index (χ2n) is 3.71. The van der Waals surface area contributed by atoms with Crippen molar-refractivity contribution in [2.45, 2.75) is 13.0 Å². The smallest absolute Gasteiger partial charge is 0.145 e. The van der Waals surface area contributed by atoms with E-state index in [4.69, 9.17) is 5.73 Å². The molecule has 0 spiro atoms. The summed E-state index contributed by atoms with van der Waals surface area (Å²) in [5.41, 5.74) is 6.67. The second-order valence-corrected chi connectivity index (χ2v) is 4.63. The van der Waals surface area contributed by atoms with Crippen LogP contribution in [0.5, 0.6) is 0 Å². The molecule has 3 nitrogen and oxygen atoms in total. The summed E-state index contributed by atoms with van der Waals surface area (Å²) >= 11 is 3.31. The topological polar surface area (TPSA) is 51.8 Å². The molecular weight excluding hydrogens is 285 g/mol. The summed E-state index contributed by atoms with van der Waals surface area (Å²) in [6.45, 7) is 1.79. The summed E-state index contributed by atoms with van der Waals surface area (Å²) in [7, 11) is 0. The summed E-state index contributed by atoms with van der Waals surface area (Å²) < 4.78 is 14.5. The Hall–Kier alpha value is -1.33. The molecule has 0 saturated heterocycles. The molecule has 0 aliphatic heterocycles. The number of halogens is 2. The summed E-state index contributed by atoms with van der Waals surface area (Å²) in [6, 6.07) is 6.11. The Balaban J connectivity index is 2.52. The molecule has 5 heteroatoms. The molecule has 17 heavy (non-hydrogen) atoms. The quantitative estimate of drug-likeness (QED) is 0.926. The van der Waals surface area contributed by atoms with Crippen LogP contribution in [0, 0.1) is 5.82 Å². The van der Waals surface area contributed by atoms with Crippen LogP contribution in [-0.4, -0.2) is 9.97 Å². The van der Waals surface area contributed by atoms with Crippen LogP contribution in [0.3, 0.4) is 0 Å². The summed E-state index contributed by atoms with van der Waals surface area (Å²) in [4.78, 5) is 8.29. The van der Waals surface area contributed by atoms with Crippen molar-refractivity contribution >= 4 is 15.9 Å². The van der Waals surface area contributed by atoms with Crippen LogP contribution in [0.1, 0.15) is 18.8 Å². The van der Waals surface area contributed by atoms with E-state index in [1.807, 2.05) is 0 Å². The van der Waals surface area contributed by atoms with E-state index in [2.05, 4.69) is 25.9 Å². The van der Waals surface area contributed by atoms with Crippen molar-refractivity contribution in [3.63, 3.8) is 0 Å². The Morgan fingerprint density at radius 1 is 1.35 bits per heavy atom. The van der Waals surface area contributed by atoms with E-state index in [-0.39, 0.29) is 11.9 Å². The third-order valence-corrected chi connectivity index (χ3v) is 2.78. The molecule has 0 saturated carbocycles. The molecular formula is C12H11BrFN3. The van der Waals surface area contributed by atoms with Crippen molar-refractivity contribution in [3.05, 3.63) is 46.6 Å². The van der Waals surface area contributed by atoms with Crippen molar-refractivity contribution in [2.75, 3.05) is 0 Å². The van der Waals surface area contributed by atoms with Gasteiger partial charge in [-0.15, -0.1) is 0 Å². The molecule has 2 N–H and O–H groups in total. The van der Waals surface area contributed by atoms with E-state index in [1.165, 1.54) is 6.07 Å². The van der Waals surface area contributed by atoms with Gasteiger partial charge in [0.25, 0.3) is 0 Å². The Labute approximate surface area is 107 Å². The zero-order chi connectivity index (χ0) is 12.4. The van der Waals surface area contributed by atoms with Gasteiger partial charge in [0.2, 0.25) is 0 Å². The standard InChI is InChI=1S/C12H11BrFN3/c1-7(15)12-16-5-4-11(17-12)9-6-8(13)2-3-10(9)14/h2-7H,15H2,1H3. The fourth-order valence-corrected chi connectivity index (χ4v) is 1.80. The number of benzene rings is 1. The Kier molecular flexibility index (Phi) is 3.49. The normalized spacial score (nSPS) is 12.5. The van der Waals surface area contributed by atoms with Crippen molar-refractivity contribution in [1.29, 1.82) is 0 Å². The van der Waals surface area contributed by atoms with Crippen LogP contribution in [0.25, 0.3) is 11.3 Å². The number of nitrogens with two attached hydrogens (primary N) is 1. The average molecular weight is 296 g/mol. The van der Waals surface area contributed by atoms with Gasteiger partial charge in [0, 0.05) is 16.2 Å². The van der Waals surface area contributed by atoms with Gasteiger partial charge in [-0.2, -0.15) is 0 Å². The first-order valence-electron chi connectivity index (χ1n) is 5.12. The lowest BCUT2D eigenvalue weighted by atomic mass is 10.1. The Morgan fingerprint density at radius 3 is 2.82 bits per heavy atom. The fourth-order valence-electron chi connectivity index (χ4n) is 1.44. The van der Waals surface area contributed by atoms with Crippen LogP contribution in [0.4, 0.5) is 4.39 Å². The number of hydrogen-bond donors (Lipinski definition) is 1. The molecule has 1 atom stereocenters. The van der Waals surface area contributed by atoms with Gasteiger partial charge in [0.05, 0.1) is 11.7 Å². The summed E-state index contributed by atoms with van der Waals surface area (Å²) in [5, 5.41) is 0. The van der Waals surface area contributed by atoms with Gasteiger partial charge < -0.3 is 5.73 Å². The maximum absolute atomic E-state index is 13.7. The highest BCUT2D eigenvalue weighted by molar-refractivity contribution is 9.10. The van der Waals surface area contributed by atoms with Crippen molar-refractivity contribution in [3.8, 4) is 11.3 Å². The molecule has 88 valence electrons. The number of nitrogens with zero attached hydrogens (tertiary/aromatic N) is 2. The van der Waals surface area contributed by atoms with Crippen LogP contribution >= 0.6 is 15.9 Å². The molecule has 0 amide bonds. The maximum Gasteiger partial charge on any atom is 0.145 e. The predicted molar refractivity (Wildman–Crippen MR) is 67.7 cm³/mol. The van der Waals surface area contributed by atoms with E-state index < -0.39 is 0 Å². The zero-order valence-corrected chi connectivity index (χ0v) is 10.8. The van der Waals surface area contributed by atoms with E-state index in [0.717, 1.165) is 4.47 Å². The summed E-state index contributed by atoms with van der Waals surface area (Å²) in [6.07, 6.45) is 1.58. The monoisotopic (exact) mass is 295 g/mol. The van der Waals surface area contributed by atoms with Gasteiger partial charge in [-0.05, 0) is 31.2 Å². The molecule has 1 heterocycles. The average Bonchev–Trinajstić information content (AvgIpc) is 2.32. The van der Waals surface area contributed by atoms with E-state index in [1.54, 1.807) is 31.3 Å². The van der Waals surface area contributed by atoms with Gasteiger partial charge in [-0.3, -0.25) is 0 Å². The number of aromatic nitrogens is 2. The van der Waals surface area contributed by atoms with Crippen LogP contribution in [0.15, 0.2) is 34.9 Å². The van der Waals surface area contributed by atoms with Gasteiger partial charge >= 0.3 is 0 Å². The first kappa shape index (κ1) is 12.1. The summed E-state index contributed by atoms with van der Waals surface area (Å²) in [5.74, 6) is 0.185. The Bertz CT molecular complexity index is 543. The fraction of sp³-hybridized carbons (Fsp3) is 0.167. The van der Waals surface area contributed by atoms with Gasteiger partial charge in [0.1, 0.15) is 11.6 Å². The van der Waals surface area contributed by atoms with Crippen LogP contribution in [-0.2, 0) is 0 Å². The minimum absolute atomic E-state index is 0.273. The first-order chi connectivity index (χ1) is 8.08. The van der Waals surface area contributed by atoms with Crippen molar-refractivity contribution in [2.24, 2.45) is 5.73 Å². The highest BCUT2D eigenvalue weighted by Gasteiger charge is 2.10. The first-order valence-corrected chi connectivity index (χ1v) is 5.91. The zero-order valence-electron chi connectivity index (χ0n) is 9.19. The van der Waals surface area contributed by atoms with Gasteiger partial charge in [0.15, 0.2) is 0 Å². The molecule has 2 rings (SSSR count). The molecule has 1 unspecified atom stereocenters. The van der Waals surface area contributed by atoms with Crippen molar-refractivity contribution < 1.29 is 4.39 Å². The van der Waals surface area contributed by atoms with Crippen LogP contribution < -0.4 is 5.73 Å². The van der Waals surface area contributed by atoms with Gasteiger partial charge in [-0.1, -0.05) is 15.9 Å². The number of rotatable bonds is 2.